The maximum atomic E-state index is 12.5. The molecule has 96 valence electrons. The van der Waals surface area contributed by atoms with Crippen molar-refractivity contribution in [1.29, 1.82) is 0 Å². The molecule has 0 saturated heterocycles. The third-order valence-electron chi connectivity index (χ3n) is 2.23. The van der Waals surface area contributed by atoms with Gasteiger partial charge < -0.3 is 5.11 Å². The Labute approximate surface area is 92.7 Å². The van der Waals surface area contributed by atoms with Gasteiger partial charge in [0.15, 0.2) is 0 Å². The van der Waals surface area contributed by atoms with Crippen molar-refractivity contribution in [3.05, 3.63) is 28.8 Å². The summed E-state index contributed by atoms with van der Waals surface area (Å²) in [5.74, 6) is -1.35. The van der Waals surface area contributed by atoms with Crippen LogP contribution in [0.25, 0.3) is 0 Å². The van der Waals surface area contributed by atoms with Gasteiger partial charge in [-0.1, -0.05) is 13.0 Å². The van der Waals surface area contributed by atoms with Gasteiger partial charge in [-0.15, -0.1) is 0 Å². The molecule has 0 bridgehead atoms. The monoisotopic (exact) mass is 258 g/mol. The van der Waals surface area contributed by atoms with E-state index < -0.39 is 29.2 Å². The lowest BCUT2D eigenvalue weighted by atomic mass is 10.00. The lowest BCUT2D eigenvalue weighted by Crippen LogP contribution is -2.17. The van der Waals surface area contributed by atoms with E-state index in [2.05, 4.69) is 0 Å². The van der Waals surface area contributed by atoms with Gasteiger partial charge in [-0.25, -0.2) is 0 Å². The van der Waals surface area contributed by atoms with Crippen LogP contribution in [-0.4, -0.2) is 5.11 Å². The SMILES string of the molecule is CCc1ccc(C(F)(F)F)c(C(F)(F)F)c1O. The Kier molecular flexibility index (Phi) is 3.31. The maximum absolute atomic E-state index is 12.5. The molecule has 1 aromatic carbocycles. The molecule has 0 aliphatic rings. The highest BCUT2D eigenvalue weighted by Crippen LogP contribution is 2.45. The normalized spacial score (nSPS) is 12.9. The Bertz CT molecular complexity index is 418. The predicted molar refractivity (Wildman–Crippen MR) is 47.5 cm³/mol. The van der Waals surface area contributed by atoms with Gasteiger partial charge >= 0.3 is 12.4 Å². The summed E-state index contributed by atoms with van der Waals surface area (Å²) in [7, 11) is 0. The maximum Gasteiger partial charge on any atom is 0.420 e. The molecule has 1 nitrogen and oxygen atoms in total. The van der Waals surface area contributed by atoms with E-state index in [1.165, 1.54) is 6.92 Å². The average Bonchev–Trinajstić information content (AvgIpc) is 2.13. The zero-order chi connectivity index (χ0) is 13.4. The average molecular weight is 258 g/mol. The molecule has 0 fully saturated rings. The summed E-state index contributed by atoms with van der Waals surface area (Å²) in [5.41, 5.74) is -4.07. The molecule has 0 radical (unpaired) electrons. The van der Waals surface area contributed by atoms with Gasteiger partial charge in [0.25, 0.3) is 0 Å². The van der Waals surface area contributed by atoms with Crippen LogP contribution in [0, 0.1) is 0 Å². The summed E-state index contributed by atoms with van der Waals surface area (Å²) in [6.45, 7) is 1.43. The highest BCUT2D eigenvalue weighted by atomic mass is 19.4. The molecule has 0 spiro atoms. The van der Waals surface area contributed by atoms with E-state index in [1.54, 1.807) is 0 Å². The van der Waals surface area contributed by atoms with Crippen LogP contribution in [0.4, 0.5) is 26.3 Å². The number of phenols is 1. The molecule has 7 heteroatoms. The summed E-state index contributed by atoms with van der Waals surface area (Å²) in [6, 6.07) is 1.18. The molecule has 17 heavy (non-hydrogen) atoms. The van der Waals surface area contributed by atoms with Crippen molar-refractivity contribution in [3.63, 3.8) is 0 Å². The predicted octanol–water partition coefficient (Wildman–Crippen LogP) is 3.99. The third-order valence-corrected chi connectivity index (χ3v) is 2.23. The molecule has 1 aromatic rings. The summed E-state index contributed by atoms with van der Waals surface area (Å²) < 4.78 is 74.6. The molecule has 0 aliphatic carbocycles. The zero-order valence-electron chi connectivity index (χ0n) is 8.58. The lowest BCUT2D eigenvalue weighted by Gasteiger charge is -2.18. The summed E-state index contributed by atoms with van der Waals surface area (Å²) in [5, 5.41) is 9.25. The number of hydrogen-bond acceptors (Lipinski definition) is 1. The Morgan fingerprint density at radius 2 is 1.53 bits per heavy atom. The van der Waals surface area contributed by atoms with Gasteiger partial charge in [0, 0.05) is 0 Å². The first kappa shape index (κ1) is 13.7. The molecule has 0 atom stereocenters. The number of alkyl halides is 6. The van der Waals surface area contributed by atoms with E-state index in [9.17, 15) is 31.4 Å². The van der Waals surface area contributed by atoms with Gasteiger partial charge in [0.2, 0.25) is 0 Å². The van der Waals surface area contributed by atoms with Gasteiger partial charge in [-0.2, -0.15) is 26.3 Å². The number of hydrogen-bond donors (Lipinski definition) is 1. The van der Waals surface area contributed by atoms with E-state index in [4.69, 9.17) is 0 Å². The van der Waals surface area contributed by atoms with Crippen molar-refractivity contribution in [3.8, 4) is 5.75 Å². The molecular weight excluding hydrogens is 250 g/mol. The van der Waals surface area contributed by atoms with Crippen LogP contribution in [0.1, 0.15) is 23.6 Å². The Morgan fingerprint density at radius 1 is 1.00 bits per heavy atom. The molecular formula is C10H8F6O. The molecule has 0 amide bonds. The van der Waals surface area contributed by atoms with Gasteiger partial charge in [0.1, 0.15) is 11.3 Å². The van der Waals surface area contributed by atoms with E-state index in [0.29, 0.717) is 6.07 Å². The summed E-state index contributed by atoms with van der Waals surface area (Å²) >= 11 is 0. The van der Waals surface area contributed by atoms with Crippen LogP contribution in [-0.2, 0) is 18.8 Å². The summed E-state index contributed by atoms with van der Waals surface area (Å²) in [6.07, 6.45) is -10.4. The number of benzene rings is 1. The van der Waals surface area contributed by atoms with Crippen LogP contribution in [0.15, 0.2) is 12.1 Å². The fourth-order valence-corrected chi connectivity index (χ4v) is 1.44. The topological polar surface area (TPSA) is 20.2 Å². The molecule has 0 heterocycles. The van der Waals surface area contributed by atoms with E-state index in [0.717, 1.165) is 6.07 Å². The molecule has 1 N–H and O–H groups in total. The van der Waals surface area contributed by atoms with E-state index in [1.807, 2.05) is 0 Å². The minimum absolute atomic E-state index is 0.00699. The van der Waals surface area contributed by atoms with Crippen molar-refractivity contribution in [2.75, 3.05) is 0 Å². The fourth-order valence-electron chi connectivity index (χ4n) is 1.44. The number of phenolic OH excluding ortho intramolecular Hbond substituents is 1. The van der Waals surface area contributed by atoms with Crippen molar-refractivity contribution < 1.29 is 31.4 Å². The molecule has 1 rings (SSSR count). The van der Waals surface area contributed by atoms with Crippen LogP contribution in [0.5, 0.6) is 5.75 Å². The van der Waals surface area contributed by atoms with E-state index >= 15 is 0 Å². The Hall–Kier alpha value is -1.40. The Morgan fingerprint density at radius 3 is 1.88 bits per heavy atom. The second kappa shape index (κ2) is 4.12. The molecule has 0 aliphatic heterocycles. The first-order chi connectivity index (χ1) is 7.59. The highest BCUT2D eigenvalue weighted by molar-refractivity contribution is 5.48. The fraction of sp³-hybridized carbons (Fsp3) is 0.400. The third kappa shape index (κ3) is 2.65. The second-order valence-corrected chi connectivity index (χ2v) is 3.34. The minimum atomic E-state index is -5.25. The first-order valence-electron chi connectivity index (χ1n) is 4.58. The largest absolute Gasteiger partial charge is 0.507 e. The van der Waals surface area contributed by atoms with Gasteiger partial charge in [0.05, 0.1) is 5.56 Å². The van der Waals surface area contributed by atoms with Crippen LogP contribution in [0.3, 0.4) is 0 Å². The highest BCUT2D eigenvalue weighted by Gasteiger charge is 2.45. The van der Waals surface area contributed by atoms with Crippen molar-refractivity contribution in [2.24, 2.45) is 0 Å². The number of halogens is 6. The number of aryl methyl sites for hydroxylation is 1. The minimum Gasteiger partial charge on any atom is -0.507 e. The van der Waals surface area contributed by atoms with Crippen molar-refractivity contribution >= 4 is 0 Å². The second-order valence-electron chi connectivity index (χ2n) is 3.34. The molecule has 0 unspecified atom stereocenters. The van der Waals surface area contributed by atoms with Gasteiger partial charge in [-0.05, 0) is 18.1 Å². The number of rotatable bonds is 1. The van der Waals surface area contributed by atoms with Crippen LogP contribution >= 0.6 is 0 Å². The molecule has 0 saturated carbocycles. The van der Waals surface area contributed by atoms with Crippen molar-refractivity contribution in [2.45, 2.75) is 25.7 Å². The Balaban J connectivity index is 3.59. The number of aromatic hydroxyl groups is 1. The first-order valence-corrected chi connectivity index (χ1v) is 4.58. The zero-order valence-corrected chi connectivity index (χ0v) is 8.58. The van der Waals surface area contributed by atoms with E-state index in [-0.39, 0.29) is 12.0 Å². The molecule has 0 aromatic heterocycles. The standard InChI is InChI=1S/C10H8F6O/c1-2-5-3-4-6(9(11,12)13)7(8(5)17)10(14,15)16/h3-4,17H,2H2,1H3. The van der Waals surface area contributed by atoms with Crippen molar-refractivity contribution in [1.82, 2.24) is 0 Å². The van der Waals surface area contributed by atoms with Crippen LogP contribution in [0.2, 0.25) is 0 Å². The quantitative estimate of drug-likeness (QED) is 0.755. The summed E-state index contributed by atoms with van der Waals surface area (Å²) in [4.78, 5) is 0. The van der Waals surface area contributed by atoms with Gasteiger partial charge in [-0.3, -0.25) is 0 Å². The van der Waals surface area contributed by atoms with Crippen LogP contribution < -0.4 is 0 Å². The lowest BCUT2D eigenvalue weighted by molar-refractivity contribution is -0.163. The smallest absolute Gasteiger partial charge is 0.420 e.